The van der Waals surface area contributed by atoms with Crippen molar-refractivity contribution in [3.63, 3.8) is 0 Å². The van der Waals surface area contributed by atoms with E-state index in [1.807, 2.05) is 0 Å². The van der Waals surface area contributed by atoms with Crippen LogP contribution in [0.4, 0.5) is 5.69 Å². The minimum atomic E-state index is 0. The molecule has 3 rings (SSSR count). The van der Waals surface area contributed by atoms with Crippen molar-refractivity contribution in [1.82, 2.24) is 4.90 Å². The highest BCUT2D eigenvalue weighted by atomic mass is 127. The van der Waals surface area contributed by atoms with Crippen LogP contribution in [-0.4, -0.2) is 25.0 Å². The average molecular weight is 464 g/mol. The van der Waals surface area contributed by atoms with E-state index >= 15 is 0 Å². The van der Waals surface area contributed by atoms with E-state index in [9.17, 15) is 0 Å². The molecule has 0 atom stereocenters. The van der Waals surface area contributed by atoms with Crippen molar-refractivity contribution in [1.29, 1.82) is 0 Å². The fourth-order valence-corrected chi connectivity index (χ4v) is 3.45. The molecule has 5 heteroatoms. The Morgan fingerprint density at radius 2 is 1.77 bits per heavy atom. The second-order valence-corrected chi connectivity index (χ2v) is 6.98. The Morgan fingerprint density at radius 1 is 1.04 bits per heavy atom. The highest BCUT2D eigenvalue weighted by Gasteiger charge is 2.13. The van der Waals surface area contributed by atoms with Gasteiger partial charge in [0.25, 0.3) is 0 Å². The van der Waals surface area contributed by atoms with Gasteiger partial charge in [-0.25, -0.2) is 4.99 Å². The number of nitrogens with one attached hydrogen (secondary N) is 1. The van der Waals surface area contributed by atoms with Crippen molar-refractivity contribution in [2.24, 2.45) is 10.7 Å². The van der Waals surface area contributed by atoms with Gasteiger partial charge in [-0.2, -0.15) is 0 Å². The second-order valence-electron chi connectivity index (χ2n) is 6.98. The molecule has 3 N–H and O–H groups in total. The molecule has 0 heterocycles. The summed E-state index contributed by atoms with van der Waals surface area (Å²) >= 11 is 0. The standard InChI is InChI=1S/C21H28N4.HI/c1-25(2)15-18-10-4-3-9-17(18)14-23-21(22)24-20-13-7-11-16-8-5-6-12-19(16)20;/h3-4,7,9-11,13H,5-6,8,12,14-15H2,1-2H3,(H3,22,23,24);1H. The Kier molecular flexibility index (Phi) is 7.90. The zero-order chi connectivity index (χ0) is 17.6. The number of anilines is 1. The van der Waals surface area contributed by atoms with Crippen LogP contribution in [0.15, 0.2) is 47.5 Å². The third-order valence-electron chi connectivity index (χ3n) is 4.68. The summed E-state index contributed by atoms with van der Waals surface area (Å²) in [4.78, 5) is 6.74. The van der Waals surface area contributed by atoms with Gasteiger partial charge < -0.3 is 16.0 Å². The maximum Gasteiger partial charge on any atom is 0.193 e. The van der Waals surface area contributed by atoms with Gasteiger partial charge in [0, 0.05) is 12.2 Å². The summed E-state index contributed by atoms with van der Waals surface area (Å²) < 4.78 is 0. The molecule has 0 fully saturated rings. The van der Waals surface area contributed by atoms with Gasteiger partial charge in [0.1, 0.15) is 0 Å². The van der Waals surface area contributed by atoms with Crippen molar-refractivity contribution in [3.05, 3.63) is 64.7 Å². The Bertz CT molecular complexity index is 755. The van der Waals surface area contributed by atoms with Crippen molar-refractivity contribution in [2.45, 2.75) is 38.8 Å². The highest BCUT2D eigenvalue weighted by Crippen LogP contribution is 2.27. The van der Waals surface area contributed by atoms with Crippen molar-refractivity contribution in [2.75, 3.05) is 19.4 Å². The van der Waals surface area contributed by atoms with Crippen LogP contribution in [0, 0.1) is 0 Å². The van der Waals surface area contributed by atoms with E-state index in [1.165, 1.54) is 41.5 Å². The van der Waals surface area contributed by atoms with Crippen molar-refractivity contribution >= 4 is 35.6 Å². The van der Waals surface area contributed by atoms with Crippen molar-refractivity contribution < 1.29 is 0 Å². The minimum Gasteiger partial charge on any atom is -0.370 e. The normalized spacial score (nSPS) is 13.9. The molecule has 4 nitrogen and oxygen atoms in total. The number of aliphatic imine (C=N–C) groups is 1. The first-order chi connectivity index (χ1) is 12.1. The fourth-order valence-electron chi connectivity index (χ4n) is 3.45. The van der Waals surface area contributed by atoms with E-state index in [2.05, 4.69) is 71.8 Å². The number of aryl methyl sites for hydroxylation is 1. The lowest BCUT2D eigenvalue weighted by molar-refractivity contribution is 0.401. The van der Waals surface area contributed by atoms with E-state index in [0.29, 0.717) is 12.5 Å². The third-order valence-corrected chi connectivity index (χ3v) is 4.68. The number of hydrogen-bond donors (Lipinski definition) is 2. The monoisotopic (exact) mass is 464 g/mol. The Labute approximate surface area is 173 Å². The molecule has 26 heavy (non-hydrogen) atoms. The average Bonchev–Trinajstić information content (AvgIpc) is 2.61. The van der Waals surface area contributed by atoms with Gasteiger partial charge in [0.2, 0.25) is 0 Å². The Hall–Kier alpha value is -1.60. The lowest BCUT2D eigenvalue weighted by atomic mass is 9.90. The minimum absolute atomic E-state index is 0. The topological polar surface area (TPSA) is 53.6 Å². The molecule has 2 aromatic carbocycles. The summed E-state index contributed by atoms with van der Waals surface area (Å²) in [5.74, 6) is 0.485. The number of halogens is 1. The summed E-state index contributed by atoms with van der Waals surface area (Å²) in [7, 11) is 4.16. The zero-order valence-corrected chi connectivity index (χ0v) is 18.0. The first-order valence-electron chi connectivity index (χ1n) is 9.02. The second kappa shape index (κ2) is 9.92. The summed E-state index contributed by atoms with van der Waals surface area (Å²) in [6.45, 7) is 1.50. The molecule has 0 saturated heterocycles. The highest BCUT2D eigenvalue weighted by molar-refractivity contribution is 14.0. The molecule has 140 valence electrons. The van der Waals surface area contributed by atoms with E-state index in [-0.39, 0.29) is 24.0 Å². The van der Waals surface area contributed by atoms with E-state index in [4.69, 9.17) is 5.73 Å². The number of guanidine groups is 1. The summed E-state index contributed by atoms with van der Waals surface area (Å²) in [5, 5.41) is 3.32. The molecule has 2 aromatic rings. The van der Waals surface area contributed by atoms with E-state index < -0.39 is 0 Å². The van der Waals surface area contributed by atoms with Gasteiger partial charge in [-0.05, 0) is 68.1 Å². The summed E-state index contributed by atoms with van der Waals surface area (Å²) in [6.07, 6.45) is 4.82. The first-order valence-corrected chi connectivity index (χ1v) is 9.02. The number of nitrogens with two attached hydrogens (primary N) is 1. The fraction of sp³-hybridized carbons (Fsp3) is 0.381. The third kappa shape index (κ3) is 5.45. The van der Waals surface area contributed by atoms with Gasteiger partial charge in [-0.1, -0.05) is 36.4 Å². The van der Waals surface area contributed by atoms with Crippen molar-refractivity contribution in [3.8, 4) is 0 Å². The van der Waals surface area contributed by atoms with Gasteiger partial charge in [-0.15, -0.1) is 24.0 Å². The number of hydrogen-bond acceptors (Lipinski definition) is 2. The van der Waals surface area contributed by atoms with Gasteiger partial charge in [0.15, 0.2) is 5.96 Å². The maximum absolute atomic E-state index is 6.17. The molecule has 0 saturated carbocycles. The molecule has 0 unspecified atom stereocenters. The summed E-state index contributed by atoms with van der Waals surface area (Å²) in [5.41, 5.74) is 12.6. The van der Waals surface area contributed by atoms with Crippen LogP contribution in [0.25, 0.3) is 0 Å². The molecule has 0 radical (unpaired) electrons. The lowest BCUT2D eigenvalue weighted by Gasteiger charge is -2.20. The van der Waals surface area contributed by atoms with E-state index in [1.54, 1.807) is 0 Å². The first kappa shape index (κ1) is 20.7. The molecule has 0 bridgehead atoms. The van der Waals surface area contributed by atoms with Crippen LogP contribution in [0.3, 0.4) is 0 Å². The predicted octanol–water partition coefficient (Wildman–Crippen LogP) is 4.17. The number of nitrogens with zero attached hydrogens (tertiary/aromatic N) is 2. The molecule has 0 spiro atoms. The molecule has 0 aromatic heterocycles. The maximum atomic E-state index is 6.17. The molecule has 1 aliphatic carbocycles. The zero-order valence-electron chi connectivity index (χ0n) is 15.7. The summed E-state index contributed by atoms with van der Waals surface area (Å²) in [6, 6.07) is 14.8. The van der Waals surface area contributed by atoms with E-state index in [0.717, 1.165) is 18.7 Å². The quantitative estimate of drug-likeness (QED) is 0.397. The number of benzene rings is 2. The molecular weight excluding hydrogens is 435 g/mol. The smallest absolute Gasteiger partial charge is 0.193 e. The van der Waals surface area contributed by atoms with Crippen LogP contribution in [0.5, 0.6) is 0 Å². The molecule has 1 aliphatic rings. The number of rotatable bonds is 5. The van der Waals surface area contributed by atoms with Crippen LogP contribution in [0.1, 0.15) is 35.1 Å². The Balaban J connectivity index is 0.00000243. The largest absolute Gasteiger partial charge is 0.370 e. The number of fused-ring (bicyclic) bond motifs is 1. The van der Waals surface area contributed by atoms with Crippen LogP contribution < -0.4 is 11.1 Å². The van der Waals surface area contributed by atoms with Gasteiger partial charge in [-0.3, -0.25) is 0 Å². The predicted molar refractivity (Wildman–Crippen MR) is 121 cm³/mol. The molecular formula is C21H29IN4. The lowest BCUT2D eigenvalue weighted by Crippen LogP contribution is -2.24. The Morgan fingerprint density at radius 3 is 2.54 bits per heavy atom. The van der Waals surface area contributed by atoms with Crippen LogP contribution in [0.2, 0.25) is 0 Å². The molecule has 0 amide bonds. The van der Waals surface area contributed by atoms with Crippen LogP contribution >= 0.6 is 24.0 Å². The SMILES string of the molecule is CN(C)Cc1ccccc1CN=C(N)Nc1cccc2c1CCCC2.I. The van der Waals surface area contributed by atoms with Gasteiger partial charge >= 0.3 is 0 Å². The van der Waals surface area contributed by atoms with Gasteiger partial charge in [0.05, 0.1) is 6.54 Å². The molecule has 0 aliphatic heterocycles. The van der Waals surface area contributed by atoms with Crippen LogP contribution in [-0.2, 0) is 25.9 Å².